The van der Waals surface area contributed by atoms with Crippen LogP contribution in [-0.2, 0) is 4.84 Å². The first kappa shape index (κ1) is 15.2. The third-order valence-electron chi connectivity index (χ3n) is 3.49. The van der Waals surface area contributed by atoms with Crippen molar-refractivity contribution in [1.29, 1.82) is 5.26 Å². The Bertz CT molecular complexity index is 965. The largest absolute Gasteiger partial charge is 0.380 e. The quantitative estimate of drug-likeness (QED) is 0.821. The maximum Gasteiger partial charge on any atom is 0.380 e. The molecule has 8 nitrogen and oxygen atoms in total. The van der Waals surface area contributed by atoms with Gasteiger partial charge in [-0.1, -0.05) is 17.2 Å². The van der Waals surface area contributed by atoms with E-state index in [2.05, 4.69) is 4.98 Å². The van der Waals surface area contributed by atoms with Crippen LogP contribution >= 0.6 is 0 Å². The number of hydrogen-bond donors (Lipinski definition) is 1. The van der Waals surface area contributed by atoms with E-state index in [9.17, 15) is 19.2 Å². The van der Waals surface area contributed by atoms with Gasteiger partial charge in [0.15, 0.2) is 0 Å². The molecule has 1 N–H and O–H groups in total. The molecule has 8 heteroatoms. The van der Waals surface area contributed by atoms with Crippen molar-refractivity contribution in [2.45, 2.75) is 6.92 Å². The highest BCUT2D eigenvalue weighted by molar-refractivity contribution is 6.21. The topological polar surface area (TPSA) is 120 Å². The first-order valence-corrected chi connectivity index (χ1v) is 6.78. The Labute approximate surface area is 134 Å². The molecule has 0 saturated carbocycles. The number of aromatic nitrogens is 1. The number of rotatable bonds is 2. The summed E-state index contributed by atoms with van der Waals surface area (Å²) in [6.45, 7) is 1.48. The van der Waals surface area contributed by atoms with Gasteiger partial charge in [-0.25, -0.2) is 4.79 Å². The zero-order chi connectivity index (χ0) is 17.4. The Morgan fingerprint density at radius 1 is 1.17 bits per heavy atom. The summed E-state index contributed by atoms with van der Waals surface area (Å²) in [6, 6.07) is 8.95. The number of nitriles is 1. The van der Waals surface area contributed by atoms with E-state index in [4.69, 9.17) is 10.1 Å². The van der Waals surface area contributed by atoms with Gasteiger partial charge in [-0.05, 0) is 30.7 Å². The molecule has 0 bridgehead atoms. The Balaban J connectivity index is 1.91. The summed E-state index contributed by atoms with van der Waals surface area (Å²) >= 11 is 0. The summed E-state index contributed by atoms with van der Waals surface area (Å²) in [6.07, 6.45) is 0. The van der Waals surface area contributed by atoms with Crippen molar-refractivity contribution in [3.05, 3.63) is 68.6 Å². The predicted molar refractivity (Wildman–Crippen MR) is 78.9 cm³/mol. The molecule has 1 aromatic carbocycles. The number of nitrogens with zero attached hydrogens (tertiary/aromatic N) is 2. The molecular formula is C16H9N3O5. The van der Waals surface area contributed by atoms with Crippen LogP contribution in [0.15, 0.2) is 35.1 Å². The molecule has 3 rings (SSSR count). The van der Waals surface area contributed by atoms with Crippen molar-refractivity contribution in [1.82, 2.24) is 10.0 Å². The van der Waals surface area contributed by atoms with Crippen LogP contribution in [0.3, 0.4) is 0 Å². The van der Waals surface area contributed by atoms with E-state index in [0.717, 1.165) is 0 Å². The molecule has 1 aliphatic rings. The second-order valence-electron chi connectivity index (χ2n) is 5.01. The summed E-state index contributed by atoms with van der Waals surface area (Å²) in [7, 11) is 0. The highest BCUT2D eigenvalue weighted by Gasteiger charge is 2.39. The van der Waals surface area contributed by atoms with Crippen LogP contribution in [0, 0.1) is 18.3 Å². The van der Waals surface area contributed by atoms with Crippen LogP contribution in [0.25, 0.3) is 0 Å². The number of hydroxylamine groups is 2. The van der Waals surface area contributed by atoms with E-state index in [-0.39, 0.29) is 27.9 Å². The minimum Gasteiger partial charge on any atom is -0.323 e. The van der Waals surface area contributed by atoms with E-state index >= 15 is 0 Å². The first-order chi connectivity index (χ1) is 11.4. The van der Waals surface area contributed by atoms with Crippen molar-refractivity contribution in [2.75, 3.05) is 0 Å². The normalized spacial score (nSPS) is 12.8. The molecule has 118 valence electrons. The number of aromatic amines is 1. The van der Waals surface area contributed by atoms with Crippen molar-refractivity contribution >= 4 is 17.8 Å². The molecule has 24 heavy (non-hydrogen) atoms. The molecule has 0 saturated heterocycles. The third-order valence-corrected chi connectivity index (χ3v) is 3.49. The zero-order valence-electron chi connectivity index (χ0n) is 12.3. The molecule has 0 radical (unpaired) electrons. The summed E-state index contributed by atoms with van der Waals surface area (Å²) in [5, 5.41) is 9.14. The standard InChI is InChI=1S/C16H9N3O5/c1-8-6-9(7-17)13(20)18-12(8)16(23)24-19-14(21)10-4-2-3-5-11(10)15(19)22/h2-6H,1H3,(H,18,20). The van der Waals surface area contributed by atoms with E-state index in [1.165, 1.54) is 25.1 Å². The number of aryl methyl sites for hydroxylation is 1. The lowest BCUT2D eigenvalue weighted by molar-refractivity contribution is -0.0589. The van der Waals surface area contributed by atoms with Crippen LogP contribution in [-0.4, -0.2) is 27.8 Å². The highest BCUT2D eigenvalue weighted by atomic mass is 16.7. The van der Waals surface area contributed by atoms with Gasteiger partial charge in [0.1, 0.15) is 17.3 Å². The van der Waals surface area contributed by atoms with Crippen LogP contribution in [0.1, 0.15) is 42.3 Å². The number of hydrogen-bond acceptors (Lipinski definition) is 6. The number of benzene rings is 1. The number of imide groups is 1. The van der Waals surface area contributed by atoms with Gasteiger partial charge in [-0.15, -0.1) is 0 Å². The van der Waals surface area contributed by atoms with Gasteiger partial charge in [0, 0.05) is 0 Å². The smallest absolute Gasteiger partial charge is 0.323 e. The number of nitrogens with one attached hydrogen (secondary N) is 1. The molecule has 0 aliphatic carbocycles. The predicted octanol–water partition coefficient (Wildman–Crippen LogP) is 0.923. The summed E-state index contributed by atoms with van der Waals surface area (Å²) in [5.41, 5.74) is -0.647. The van der Waals surface area contributed by atoms with Gasteiger partial charge in [-0.2, -0.15) is 5.26 Å². The second-order valence-corrected chi connectivity index (χ2v) is 5.01. The number of pyridine rings is 1. The Morgan fingerprint density at radius 2 is 1.75 bits per heavy atom. The molecular weight excluding hydrogens is 314 g/mol. The molecule has 2 amide bonds. The Hall–Kier alpha value is -3.73. The lowest BCUT2D eigenvalue weighted by atomic mass is 10.1. The van der Waals surface area contributed by atoms with Crippen LogP contribution in [0.2, 0.25) is 0 Å². The van der Waals surface area contributed by atoms with Gasteiger partial charge in [0.2, 0.25) is 0 Å². The van der Waals surface area contributed by atoms with Crippen molar-refractivity contribution in [3.8, 4) is 6.07 Å². The summed E-state index contributed by atoms with van der Waals surface area (Å²) < 4.78 is 0. The van der Waals surface area contributed by atoms with Crippen molar-refractivity contribution < 1.29 is 19.2 Å². The Kier molecular flexibility index (Phi) is 3.46. The van der Waals surface area contributed by atoms with E-state index in [0.29, 0.717) is 5.06 Å². The third kappa shape index (κ3) is 2.24. The van der Waals surface area contributed by atoms with Crippen molar-refractivity contribution in [2.24, 2.45) is 0 Å². The maximum absolute atomic E-state index is 12.2. The average molecular weight is 323 g/mol. The van der Waals surface area contributed by atoms with Gasteiger partial charge < -0.3 is 9.82 Å². The molecule has 0 fully saturated rings. The summed E-state index contributed by atoms with van der Waals surface area (Å²) in [4.78, 5) is 55.2. The van der Waals surface area contributed by atoms with E-state index < -0.39 is 23.3 Å². The molecule has 2 heterocycles. The molecule has 0 unspecified atom stereocenters. The average Bonchev–Trinajstić information content (AvgIpc) is 2.82. The number of fused-ring (bicyclic) bond motifs is 1. The van der Waals surface area contributed by atoms with Crippen molar-refractivity contribution in [3.63, 3.8) is 0 Å². The Morgan fingerprint density at radius 3 is 2.29 bits per heavy atom. The SMILES string of the molecule is Cc1cc(C#N)c(=O)[nH]c1C(=O)ON1C(=O)c2ccccc2C1=O. The minimum absolute atomic E-state index is 0.125. The van der Waals surface area contributed by atoms with Gasteiger partial charge in [-0.3, -0.25) is 14.4 Å². The lowest BCUT2D eigenvalue weighted by Gasteiger charge is -2.13. The fraction of sp³-hybridized carbons (Fsp3) is 0.0625. The van der Waals surface area contributed by atoms with Crippen LogP contribution in [0.5, 0.6) is 0 Å². The van der Waals surface area contributed by atoms with E-state index in [1.54, 1.807) is 18.2 Å². The van der Waals surface area contributed by atoms with Gasteiger partial charge in [0.25, 0.3) is 17.4 Å². The number of carbonyl (C=O) groups excluding carboxylic acids is 3. The number of amides is 2. The lowest BCUT2D eigenvalue weighted by Crippen LogP contribution is -2.33. The minimum atomic E-state index is -1.08. The van der Waals surface area contributed by atoms with Crippen LogP contribution < -0.4 is 5.56 Å². The monoisotopic (exact) mass is 323 g/mol. The second kappa shape index (κ2) is 5.48. The van der Waals surface area contributed by atoms with Gasteiger partial charge >= 0.3 is 5.97 Å². The van der Waals surface area contributed by atoms with E-state index in [1.807, 2.05) is 0 Å². The zero-order valence-corrected chi connectivity index (χ0v) is 12.3. The number of carbonyl (C=O) groups is 3. The fourth-order valence-electron chi connectivity index (χ4n) is 2.31. The molecule has 2 aromatic rings. The highest BCUT2D eigenvalue weighted by Crippen LogP contribution is 2.23. The summed E-state index contributed by atoms with van der Waals surface area (Å²) in [5.74, 6) is -2.61. The number of H-pyrrole nitrogens is 1. The molecule has 0 spiro atoms. The van der Waals surface area contributed by atoms with Crippen LogP contribution in [0.4, 0.5) is 0 Å². The molecule has 1 aromatic heterocycles. The first-order valence-electron chi connectivity index (χ1n) is 6.78. The maximum atomic E-state index is 12.2. The molecule has 1 aliphatic heterocycles. The fourth-order valence-corrected chi connectivity index (χ4v) is 2.31. The molecule has 0 atom stereocenters. The van der Waals surface area contributed by atoms with Gasteiger partial charge in [0.05, 0.1) is 11.1 Å².